The van der Waals surface area contributed by atoms with E-state index < -0.39 is 12.3 Å². The SMILES string of the molecule is C=CCOC(=O)Oc1cccc2c(OC(=O)OCC=C)cccc12. The molecule has 0 heterocycles. The summed E-state index contributed by atoms with van der Waals surface area (Å²) in [5.41, 5.74) is 0. The van der Waals surface area contributed by atoms with E-state index in [2.05, 4.69) is 13.2 Å². The van der Waals surface area contributed by atoms with Gasteiger partial charge in [-0.15, -0.1) is 0 Å². The Morgan fingerprint density at radius 2 is 1.21 bits per heavy atom. The molecular formula is C18H16O6. The lowest BCUT2D eigenvalue weighted by Crippen LogP contribution is -2.11. The molecule has 0 spiro atoms. The molecule has 0 N–H and O–H groups in total. The van der Waals surface area contributed by atoms with Crippen LogP contribution in [-0.2, 0) is 9.47 Å². The molecule has 0 atom stereocenters. The zero-order valence-corrected chi connectivity index (χ0v) is 12.9. The minimum Gasteiger partial charge on any atom is -0.430 e. The Labute approximate surface area is 138 Å². The zero-order valence-electron chi connectivity index (χ0n) is 12.9. The van der Waals surface area contributed by atoms with Gasteiger partial charge in [-0.1, -0.05) is 49.6 Å². The molecule has 0 aromatic heterocycles. The molecular weight excluding hydrogens is 312 g/mol. The Kier molecular flexibility index (Phi) is 5.96. The quantitative estimate of drug-likeness (QED) is 0.449. The maximum atomic E-state index is 11.6. The number of hydrogen-bond donors (Lipinski definition) is 0. The van der Waals surface area contributed by atoms with Crippen molar-refractivity contribution in [2.75, 3.05) is 13.2 Å². The largest absolute Gasteiger partial charge is 0.514 e. The monoisotopic (exact) mass is 328 g/mol. The number of fused-ring (bicyclic) bond motifs is 1. The highest BCUT2D eigenvalue weighted by molar-refractivity contribution is 5.95. The summed E-state index contributed by atoms with van der Waals surface area (Å²) in [6.45, 7) is 7.00. The van der Waals surface area contributed by atoms with E-state index in [0.29, 0.717) is 10.8 Å². The molecule has 0 unspecified atom stereocenters. The second-order valence-corrected chi connectivity index (χ2v) is 4.51. The van der Waals surface area contributed by atoms with Crippen LogP contribution in [0.2, 0.25) is 0 Å². The van der Waals surface area contributed by atoms with Gasteiger partial charge in [0.05, 0.1) is 0 Å². The van der Waals surface area contributed by atoms with Gasteiger partial charge >= 0.3 is 12.3 Å². The fourth-order valence-electron chi connectivity index (χ4n) is 1.92. The second-order valence-electron chi connectivity index (χ2n) is 4.51. The van der Waals surface area contributed by atoms with Crippen molar-refractivity contribution < 1.29 is 28.5 Å². The summed E-state index contributed by atoms with van der Waals surface area (Å²) in [6, 6.07) is 10.0. The number of rotatable bonds is 6. The summed E-state index contributed by atoms with van der Waals surface area (Å²) < 4.78 is 19.9. The van der Waals surface area contributed by atoms with Gasteiger partial charge in [0, 0.05) is 10.8 Å². The van der Waals surface area contributed by atoms with E-state index in [4.69, 9.17) is 18.9 Å². The van der Waals surface area contributed by atoms with Crippen LogP contribution < -0.4 is 9.47 Å². The molecule has 6 heteroatoms. The average Bonchev–Trinajstić information content (AvgIpc) is 2.59. The predicted octanol–water partition coefficient (Wildman–Crippen LogP) is 4.24. The van der Waals surface area contributed by atoms with E-state index in [0.717, 1.165) is 0 Å². The maximum Gasteiger partial charge on any atom is 0.514 e. The van der Waals surface area contributed by atoms with Crippen LogP contribution in [0.25, 0.3) is 10.8 Å². The predicted molar refractivity (Wildman–Crippen MR) is 88.3 cm³/mol. The number of carbonyl (C=O) groups excluding carboxylic acids is 2. The zero-order chi connectivity index (χ0) is 17.4. The molecule has 0 amide bonds. The lowest BCUT2D eigenvalue weighted by atomic mass is 10.1. The van der Waals surface area contributed by atoms with Crippen molar-refractivity contribution in [1.29, 1.82) is 0 Å². The number of carbonyl (C=O) groups is 2. The minimum atomic E-state index is -0.848. The van der Waals surface area contributed by atoms with Crippen molar-refractivity contribution in [2.45, 2.75) is 0 Å². The number of benzene rings is 2. The van der Waals surface area contributed by atoms with Crippen LogP contribution in [0.1, 0.15) is 0 Å². The molecule has 0 saturated carbocycles. The van der Waals surface area contributed by atoms with Gasteiger partial charge < -0.3 is 18.9 Å². The summed E-state index contributed by atoms with van der Waals surface area (Å²) in [7, 11) is 0. The summed E-state index contributed by atoms with van der Waals surface area (Å²) in [6.07, 6.45) is 1.18. The lowest BCUT2D eigenvalue weighted by Gasteiger charge is -2.10. The second kappa shape index (κ2) is 8.38. The summed E-state index contributed by atoms with van der Waals surface area (Å²) in [5, 5.41) is 1.17. The highest BCUT2D eigenvalue weighted by atomic mass is 16.7. The topological polar surface area (TPSA) is 71.1 Å². The highest BCUT2D eigenvalue weighted by Crippen LogP contribution is 2.32. The molecule has 0 radical (unpaired) electrons. The van der Waals surface area contributed by atoms with Crippen molar-refractivity contribution in [1.82, 2.24) is 0 Å². The molecule has 0 aliphatic heterocycles. The maximum absolute atomic E-state index is 11.6. The Morgan fingerprint density at radius 1 is 0.792 bits per heavy atom. The Bertz CT molecular complexity index is 700. The first kappa shape index (κ1) is 17.1. The third-order valence-electron chi connectivity index (χ3n) is 2.87. The third-order valence-corrected chi connectivity index (χ3v) is 2.87. The van der Waals surface area contributed by atoms with Crippen LogP contribution in [0, 0.1) is 0 Å². The van der Waals surface area contributed by atoms with Gasteiger partial charge in [-0.3, -0.25) is 0 Å². The van der Waals surface area contributed by atoms with Crippen molar-refractivity contribution in [3.63, 3.8) is 0 Å². The minimum absolute atomic E-state index is 0.0487. The van der Waals surface area contributed by atoms with Gasteiger partial charge in [0.15, 0.2) is 0 Å². The first-order valence-electron chi connectivity index (χ1n) is 7.08. The molecule has 2 rings (SSSR count). The van der Waals surface area contributed by atoms with Gasteiger partial charge in [-0.2, -0.15) is 0 Å². The molecule has 2 aromatic rings. The molecule has 0 bridgehead atoms. The van der Waals surface area contributed by atoms with E-state index in [9.17, 15) is 9.59 Å². The molecule has 0 aliphatic rings. The van der Waals surface area contributed by atoms with E-state index in [-0.39, 0.29) is 24.7 Å². The lowest BCUT2D eigenvalue weighted by molar-refractivity contribution is 0.108. The Balaban J connectivity index is 2.25. The van der Waals surface area contributed by atoms with Crippen molar-refractivity contribution in [3.8, 4) is 11.5 Å². The average molecular weight is 328 g/mol. The number of ether oxygens (including phenoxy) is 4. The van der Waals surface area contributed by atoms with Crippen LogP contribution in [0.4, 0.5) is 9.59 Å². The van der Waals surface area contributed by atoms with Crippen LogP contribution in [-0.4, -0.2) is 25.5 Å². The van der Waals surface area contributed by atoms with Gasteiger partial charge in [0.25, 0.3) is 0 Å². The van der Waals surface area contributed by atoms with E-state index in [1.807, 2.05) is 0 Å². The number of hydrogen-bond acceptors (Lipinski definition) is 6. The fourth-order valence-corrected chi connectivity index (χ4v) is 1.92. The molecule has 0 fully saturated rings. The van der Waals surface area contributed by atoms with Crippen molar-refractivity contribution >= 4 is 23.1 Å². The van der Waals surface area contributed by atoms with Crippen LogP contribution >= 0.6 is 0 Å². The van der Waals surface area contributed by atoms with Gasteiger partial charge in [-0.25, -0.2) is 9.59 Å². The Morgan fingerprint density at radius 3 is 1.58 bits per heavy atom. The Hall–Kier alpha value is -3.28. The highest BCUT2D eigenvalue weighted by Gasteiger charge is 2.13. The van der Waals surface area contributed by atoms with Gasteiger partial charge in [0.1, 0.15) is 24.7 Å². The van der Waals surface area contributed by atoms with Crippen molar-refractivity contribution in [3.05, 3.63) is 61.7 Å². The standard InChI is InChI=1S/C18H16O6/c1-3-11-21-17(19)23-15-9-5-8-14-13(15)7-6-10-16(14)24-18(20)22-12-4-2/h3-10H,1-2,11-12H2. The smallest absolute Gasteiger partial charge is 0.430 e. The van der Waals surface area contributed by atoms with E-state index >= 15 is 0 Å². The first-order valence-corrected chi connectivity index (χ1v) is 7.08. The van der Waals surface area contributed by atoms with Crippen LogP contribution in [0.15, 0.2) is 61.7 Å². The van der Waals surface area contributed by atoms with Gasteiger partial charge in [-0.05, 0) is 12.1 Å². The normalized spacial score (nSPS) is 9.83. The molecule has 2 aromatic carbocycles. The third kappa shape index (κ3) is 4.36. The van der Waals surface area contributed by atoms with E-state index in [1.54, 1.807) is 36.4 Å². The molecule has 0 saturated heterocycles. The molecule has 24 heavy (non-hydrogen) atoms. The van der Waals surface area contributed by atoms with Gasteiger partial charge in [0.2, 0.25) is 0 Å². The summed E-state index contributed by atoms with van der Waals surface area (Å²) >= 11 is 0. The van der Waals surface area contributed by atoms with E-state index in [1.165, 1.54) is 12.2 Å². The first-order chi connectivity index (χ1) is 11.7. The van der Waals surface area contributed by atoms with Crippen LogP contribution in [0.5, 0.6) is 11.5 Å². The summed E-state index contributed by atoms with van der Waals surface area (Å²) in [4.78, 5) is 23.2. The molecule has 0 aliphatic carbocycles. The van der Waals surface area contributed by atoms with Crippen molar-refractivity contribution in [2.24, 2.45) is 0 Å². The van der Waals surface area contributed by atoms with Crippen LogP contribution in [0.3, 0.4) is 0 Å². The molecule has 6 nitrogen and oxygen atoms in total. The molecule has 124 valence electrons. The fraction of sp³-hybridized carbons (Fsp3) is 0.111. The summed E-state index contributed by atoms with van der Waals surface area (Å²) in [5.74, 6) is 0.568.